The van der Waals surface area contributed by atoms with Gasteiger partial charge < -0.3 is 14.7 Å². The number of aliphatic carboxylic acids is 1. The van der Waals surface area contributed by atoms with Crippen molar-refractivity contribution in [3.8, 4) is 0 Å². The molecule has 0 saturated carbocycles. The lowest BCUT2D eigenvalue weighted by Crippen LogP contribution is -2.41. The standard InChI is InChI=1S/C21H26FNO3S/c22-17-10-8-16(9-11-17)5-4-14-27-20-19(21(24)25)7-3-12-23(20)15-18-6-1-2-13-26-18/h3,7-12,18,20H,1-2,4-6,13-15H2,(H,24,25). The Kier molecular flexibility index (Phi) is 7.35. The molecule has 3 rings (SSSR count). The number of rotatable bonds is 8. The fourth-order valence-electron chi connectivity index (χ4n) is 3.42. The number of aryl methyl sites for hydroxylation is 1. The summed E-state index contributed by atoms with van der Waals surface area (Å²) in [5, 5.41) is 9.38. The molecule has 1 fully saturated rings. The van der Waals surface area contributed by atoms with E-state index in [0.717, 1.165) is 50.2 Å². The molecule has 0 radical (unpaired) electrons. The van der Waals surface area contributed by atoms with Gasteiger partial charge in [-0.3, -0.25) is 0 Å². The molecule has 146 valence electrons. The molecule has 4 nitrogen and oxygen atoms in total. The second kappa shape index (κ2) is 9.95. The summed E-state index contributed by atoms with van der Waals surface area (Å²) in [6, 6.07) is 6.56. The van der Waals surface area contributed by atoms with Crippen LogP contribution in [0.2, 0.25) is 0 Å². The zero-order chi connectivity index (χ0) is 19.1. The minimum atomic E-state index is -0.870. The Morgan fingerprint density at radius 1 is 1.30 bits per heavy atom. The summed E-state index contributed by atoms with van der Waals surface area (Å²) in [4.78, 5) is 13.8. The average Bonchev–Trinajstić information content (AvgIpc) is 2.68. The lowest BCUT2D eigenvalue weighted by atomic mass is 10.1. The lowest BCUT2D eigenvalue weighted by Gasteiger charge is -2.36. The number of hydrogen-bond acceptors (Lipinski definition) is 4. The molecule has 6 heteroatoms. The molecular formula is C21H26FNO3S. The van der Waals surface area contributed by atoms with E-state index in [1.165, 1.54) is 18.6 Å². The Morgan fingerprint density at radius 2 is 2.11 bits per heavy atom. The number of halogens is 1. The molecule has 1 aromatic rings. The number of benzene rings is 1. The van der Waals surface area contributed by atoms with Crippen LogP contribution in [-0.4, -0.2) is 46.4 Å². The first-order valence-corrected chi connectivity index (χ1v) is 10.5. The van der Waals surface area contributed by atoms with Crippen LogP contribution in [0.1, 0.15) is 31.2 Å². The van der Waals surface area contributed by atoms with Gasteiger partial charge in [0.1, 0.15) is 11.2 Å². The second-order valence-corrected chi connectivity index (χ2v) is 8.10. The van der Waals surface area contributed by atoms with Gasteiger partial charge in [-0.2, -0.15) is 0 Å². The van der Waals surface area contributed by atoms with Gasteiger partial charge >= 0.3 is 5.97 Å². The van der Waals surface area contributed by atoms with Gasteiger partial charge in [0.2, 0.25) is 0 Å². The molecular weight excluding hydrogens is 365 g/mol. The number of carboxylic acids is 1. The summed E-state index contributed by atoms with van der Waals surface area (Å²) in [6.07, 6.45) is 10.7. The molecule has 2 atom stereocenters. The van der Waals surface area contributed by atoms with Crippen molar-refractivity contribution in [2.45, 2.75) is 43.6 Å². The Hall–Kier alpha value is -1.79. The van der Waals surface area contributed by atoms with Crippen LogP contribution in [-0.2, 0) is 16.0 Å². The van der Waals surface area contributed by atoms with Crippen LogP contribution in [0.15, 0.2) is 48.2 Å². The average molecular weight is 392 g/mol. The highest BCUT2D eigenvalue weighted by Gasteiger charge is 2.29. The Balaban J connectivity index is 1.55. The van der Waals surface area contributed by atoms with Gasteiger partial charge in [-0.25, -0.2) is 9.18 Å². The van der Waals surface area contributed by atoms with Crippen molar-refractivity contribution in [2.75, 3.05) is 18.9 Å². The van der Waals surface area contributed by atoms with E-state index >= 15 is 0 Å². The quantitative estimate of drug-likeness (QED) is 0.672. The molecule has 1 saturated heterocycles. The summed E-state index contributed by atoms with van der Waals surface area (Å²) in [5.74, 6) is -0.258. The van der Waals surface area contributed by atoms with Gasteiger partial charge in [-0.1, -0.05) is 12.1 Å². The van der Waals surface area contributed by atoms with Crippen molar-refractivity contribution in [3.05, 3.63) is 59.6 Å². The topological polar surface area (TPSA) is 49.8 Å². The number of ether oxygens (including phenoxy) is 1. The molecule has 0 spiro atoms. The predicted octanol–water partition coefficient (Wildman–Crippen LogP) is 4.23. The van der Waals surface area contributed by atoms with Gasteiger partial charge in [0, 0.05) is 19.4 Å². The Morgan fingerprint density at radius 3 is 2.81 bits per heavy atom. The van der Waals surface area contributed by atoms with Gasteiger partial charge in [-0.05, 0) is 67.7 Å². The molecule has 1 N–H and O–H groups in total. The number of allylic oxidation sites excluding steroid dienone is 2. The fraction of sp³-hybridized carbons (Fsp3) is 0.476. The van der Waals surface area contributed by atoms with E-state index in [0.29, 0.717) is 5.57 Å². The van der Waals surface area contributed by atoms with E-state index in [1.54, 1.807) is 30.0 Å². The summed E-state index contributed by atoms with van der Waals surface area (Å²) >= 11 is 1.65. The second-order valence-electron chi connectivity index (χ2n) is 6.91. The number of thioether (sulfide) groups is 1. The van der Waals surface area contributed by atoms with E-state index in [1.807, 2.05) is 12.3 Å². The van der Waals surface area contributed by atoms with Gasteiger partial charge in [0.05, 0.1) is 11.7 Å². The fourth-order valence-corrected chi connectivity index (χ4v) is 4.67. The SMILES string of the molecule is O=C(O)C1=CC=CN(CC2CCCCO2)C1SCCCc1ccc(F)cc1. The van der Waals surface area contributed by atoms with Gasteiger partial charge in [0.15, 0.2) is 0 Å². The molecule has 1 aromatic carbocycles. The summed E-state index contributed by atoms with van der Waals surface area (Å²) in [7, 11) is 0. The van der Waals surface area contributed by atoms with Crippen LogP contribution in [0, 0.1) is 5.82 Å². The first-order chi connectivity index (χ1) is 13.1. The van der Waals surface area contributed by atoms with Crippen molar-refractivity contribution >= 4 is 17.7 Å². The molecule has 2 heterocycles. The van der Waals surface area contributed by atoms with E-state index in [2.05, 4.69) is 4.90 Å². The van der Waals surface area contributed by atoms with Crippen molar-refractivity contribution in [2.24, 2.45) is 0 Å². The normalized spacial score (nSPS) is 22.6. The van der Waals surface area contributed by atoms with Crippen molar-refractivity contribution < 1.29 is 19.0 Å². The molecule has 0 amide bonds. The third-order valence-electron chi connectivity index (χ3n) is 4.85. The molecule has 2 aliphatic heterocycles. The number of hydrogen-bond donors (Lipinski definition) is 1. The molecule has 0 aromatic heterocycles. The van der Waals surface area contributed by atoms with Gasteiger partial charge in [-0.15, -0.1) is 11.8 Å². The number of nitrogens with zero attached hydrogens (tertiary/aromatic N) is 1. The van der Waals surface area contributed by atoms with Crippen molar-refractivity contribution in [1.29, 1.82) is 0 Å². The maximum atomic E-state index is 13.0. The van der Waals surface area contributed by atoms with Gasteiger partial charge in [0.25, 0.3) is 0 Å². The summed E-state index contributed by atoms with van der Waals surface area (Å²) in [6.45, 7) is 1.51. The van der Waals surface area contributed by atoms with Crippen LogP contribution in [0.25, 0.3) is 0 Å². The highest BCUT2D eigenvalue weighted by Crippen LogP contribution is 2.29. The van der Waals surface area contributed by atoms with Crippen LogP contribution >= 0.6 is 11.8 Å². The third kappa shape index (κ3) is 5.84. The zero-order valence-corrected chi connectivity index (χ0v) is 16.2. The first kappa shape index (κ1) is 20.0. The Labute approximate surface area is 164 Å². The smallest absolute Gasteiger partial charge is 0.334 e. The van der Waals surface area contributed by atoms with Crippen LogP contribution in [0.5, 0.6) is 0 Å². The minimum absolute atomic E-state index is 0.166. The lowest BCUT2D eigenvalue weighted by molar-refractivity contribution is -0.133. The van der Waals surface area contributed by atoms with Crippen LogP contribution < -0.4 is 0 Å². The minimum Gasteiger partial charge on any atom is -0.478 e. The van der Waals surface area contributed by atoms with E-state index in [4.69, 9.17) is 4.74 Å². The number of carboxylic acid groups (broad SMARTS) is 1. The molecule has 27 heavy (non-hydrogen) atoms. The van der Waals surface area contributed by atoms with E-state index in [-0.39, 0.29) is 17.3 Å². The van der Waals surface area contributed by atoms with E-state index in [9.17, 15) is 14.3 Å². The monoisotopic (exact) mass is 391 g/mol. The maximum Gasteiger partial charge on any atom is 0.334 e. The Bertz CT molecular complexity index is 683. The molecule has 0 aliphatic carbocycles. The van der Waals surface area contributed by atoms with Crippen LogP contribution in [0.3, 0.4) is 0 Å². The summed E-state index contributed by atoms with van der Waals surface area (Å²) in [5.41, 5.74) is 1.52. The maximum absolute atomic E-state index is 13.0. The largest absolute Gasteiger partial charge is 0.478 e. The van der Waals surface area contributed by atoms with Crippen molar-refractivity contribution in [1.82, 2.24) is 4.90 Å². The highest BCUT2D eigenvalue weighted by atomic mass is 32.2. The third-order valence-corrected chi connectivity index (χ3v) is 6.22. The molecule has 2 aliphatic rings. The summed E-state index contributed by atoms with van der Waals surface area (Å²) < 4.78 is 18.8. The molecule has 2 unspecified atom stereocenters. The first-order valence-electron chi connectivity index (χ1n) is 9.48. The van der Waals surface area contributed by atoms with Crippen molar-refractivity contribution in [3.63, 3.8) is 0 Å². The van der Waals surface area contributed by atoms with E-state index < -0.39 is 5.97 Å². The molecule has 0 bridgehead atoms. The zero-order valence-electron chi connectivity index (χ0n) is 15.4. The highest BCUT2D eigenvalue weighted by molar-refractivity contribution is 8.00. The predicted molar refractivity (Wildman–Crippen MR) is 106 cm³/mol. The van der Waals surface area contributed by atoms with Crippen LogP contribution in [0.4, 0.5) is 4.39 Å². The number of carbonyl (C=O) groups is 1.